The minimum atomic E-state index is -0.323. The number of carbonyl (C=O) groups is 1. The summed E-state index contributed by atoms with van der Waals surface area (Å²) in [5.74, 6) is -0.323. The van der Waals surface area contributed by atoms with Gasteiger partial charge in [-0.1, -0.05) is 84.9 Å². The third kappa shape index (κ3) is 4.82. The van der Waals surface area contributed by atoms with E-state index in [1.54, 1.807) is 36.5 Å². The molecular weight excluding hydrogens is 432 g/mol. The van der Waals surface area contributed by atoms with Gasteiger partial charge in [0.05, 0.1) is 34.6 Å². The molecule has 0 fully saturated rings. The van der Waals surface area contributed by atoms with E-state index in [1.807, 2.05) is 54.6 Å². The Morgan fingerprint density at radius 2 is 1.46 bits per heavy atom. The molecule has 5 aromatic rings. The lowest BCUT2D eigenvalue weighted by Crippen LogP contribution is -2.18. The normalized spacial score (nSPS) is 10.8. The third-order valence-corrected chi connectivity index (χ3v) is 5.67. The molecule has 5 heteroatoms. The summed E-state index contributed by atoms with van der Waals surface area (Å²) in [5.41, 5.74) is 9.09. The van der Waals surface area contributed by atoms with Crippen LogP contribution in [0.4, 0.5) is 0 Å². The summed E-state index contributed by atoms with van der Waals surface area (Å²) >= 11 is 0. The van der Waals surface area contributed by atoms with E-state index in [4.69, 9.17) is 10.2 Å². The topological polar surface area (TPSA) is 78.1 Å². The molecule has 0 aliphatic heterocycles. The first-order valence-electron chi connectivity index (χ1n) is 11.1. The zero-order chi connectivity index (χ0) is 24.0. The largest absolute Gasteiger partial charge is 0.272 e. The van der Waals surface area contributed by atoms with Gasteiger partial charge in [-0.15, -0.1) is 0 Å². The zero-order valence-electron chi connectivity index (χ0n) is 18.7. The van der Waals surface area contributed by atoms with Crippen molar-refractivity contribution in [2.75, 3.05) is 0 Å². The Hall–Kier alpha value is -5.08. The zero-order valence-corrected chi connectivity index (χ0v) is 18.7. The maximum absolute atomic E-state index is 13.1. The second-order valence-electron chi connectivity index (χ2n) is 7.95. The van der Waals surface area contributed by atoms with E-state index in [1.165, 1.54) is 0 Å². The fourth-order valence-corrected chi connectivity index (χ4v) is 3.84. The van der Waals surface area contributed by atoms with Gasteiger partial charge in [0.1, 0.15) is 0 Å². The van der Waals surface area contributed by atoms with E-state index in [0.717, 1.165) is 33.2 Å². The van der Waals surface area contributed by atoms with Gasteiger partial charge in [-0.25, -0.2) is 10.4 Å². The Bertz CT molecular complexity index is 1570. The molecule has 0 saturated carbocycles. The molecule has 0 aliphatic carbocycles. The van der Waals surface area contributed by atoms with Crippen LogP contribution in [0.1, 0.15) is 21.5 Å². The number of hydrogen-bond donors (Lipinski definition) is 1. The molecule has 0 aliphatic rings. The second kappa shape index (κ2) is 9.82. The van der Waals surface area contributed by atoms with Crippen molar-refractivity contribution in [2.45, 2.75) is 0 Å². The van der Waals surface area contributed by atoms with Crippen LogP contribution in [0.3, 0.4) is 0 Å². The van der Waals surface area contributed by atoms with Crippen molar-refractivity contribution in [3.8, 4) is 28.5 Å². The molecule has 1 aromatic heterocycles. The Balaban J connectivity index is 1.44. The lowest BCUT2D eigenvalue weighted by molar-refractivity contribution is 0.0956. The van der Waals surface area contributed by atoms with Gasteiger partial charge in [-0.3, -0.25) is 4.79 Å². The molecule has 166 valence electrons. The molecule has 1 amide bonds. The Kier molecular flexibility index (Phi) is 6.10. The Morgan fingerprint density at radius 1 is 0.800 bits per heavy atom. The van der Waals surface area contributed by atoms with Crippen molar-refractivity contribution >= 4 is 23.0 Å². The summed E-state index contributed by atoms with van der Waals surface area (Å²) in [7, 11) is 0. The maximum atomic E-state index is 13.1. The van der Waals surface area contributed by atoms with Crippen molar-refractivity contribution < 1.29 is 4.79 Å². The number of aromatic nitrogens is 1. The van der Waals surface area contributed by atoms with Gasteiger partial charge in [0.15, 0.2) is 0 Å². The Labute approximate surface area is 203 Å². The van der Waals surface area contributed by atoms with Gasteiger partial charge >= 0.3 is 0 Å². The van der Waals surface area contributed by atoms with E-state index in [9.17, 15) is 4.79 Å². The van der Waals surface area contributed by atoms with E-state index in [0.29, 0.717) is 16.8 Å². The fraction of sp³-hybridized carbons (Fsp3) is 0. The van der Waals surface area contributed by atoms with Crippen LogP contribution in [0.2, 0.25) is 0 Å². The quantitative estimate of drug-likeness (QED) is 0.255. The van der Waals surface area contributed by atoms with Gasteiger partial charge in [0.2, 0.25) is 0 Å². The predicted octanol–water partition coefficient (Wildman–Crippen LogP) is 6.20. The van der Waals surface area contributed by atoms with Crippen LogP contribution in [0.5, 0.6) is 0 Å². The number of rotatable bonds is 5. The molecule has 0 bridgehead atoms. The molecule has 0 atom stereocenters. The van der Waals surface area contributed by atoms with E-state index >= 15 is 0 Å². The number of pyridine rings is 1. The van der Waals surface area contributed by atoms with Crippen LogP contribution in [-0.4, -0.2) is 17.1 Å². The molecule has 4 aromatic carbocycles. The van der Waals surface area contributed by atoms with Crippen LogP contribution in [0, 0.1) is 11.3 Å². The highest BCUT2D eigenvalue weighted by atomic mass is 16.2. The van der Waals surface area contributed by atoms with Gasteiger partial charge in [-0.2, -0.15) is 10.4 Å². The minimum Gasteiger partial charge on any atom is -0.267 e. The number of amides is 1. The number of benzene rings is 4. The molecule has 0 saturated heterocycles. The molecular formula is C30H20N4O. The number of carbonyl (C=O) groups excluding carboxylic acids is 1. The monoisotopic (exact) mass is 452 g/mol. The first kappa shape index (κ1) is 21.7. The van der Waals surface area contributed by atoms with E-state index in [-0.39, 0.29) is 5.91 Å². The smallest absolute Gasteiger partial charge is 0.267 e. The second-order valence-corrected chi connectivity index (χ2v) is 7.95. The summed E-state index contributed by atoms with van der Waals surface area (Å²) in [5, 5.41) is 13.8. The van der Waals surface area contributed by atoms with Gasteiger partial charge < -0.3 is 0 Å². The molecule has 1 N–H and O–H groups in total. The fourth-order valence-electron chi connectivity index (χ4n) is 3.84. The van der Waals surface area contributed by atoms with Crippen molar-refractivity contribution in [3.05, 3.63) is 126 Å². The highest BCUT2D eigenvalue weighted by Gasteiger charge is 2.13. The number of nitriles is 1. The average molecular weight is 453 g/mol. The molecule has 1 heterocycles. The molecule has 0 radical (unpaired) electrons. The minimum absolute atomic E-state index is 0.323. The van der Waals surface area contributed by atoms with Crippen LogP contribution in [0.15, 0.2) is 114 Å². The van der Waals surface area contributed by atoms with E-state index in [2.05, 4.69) is 40.9 Å². The van der Waals surface area contributed by atoms with Crippen molar-refractivity contribution in [1.29, 1.82) is 5.26 Å². The predicted molar refractivity (Wildman–Crippen MR) is 139 cm³/mol. The number of fused-ring (bicyclic) bond motifs is 1. The van der Waals surface area contributed by atoms with Crippen molar-refractivity contribution in [2.24, 2.45) is 5.10 Å². The first-order chi connectivity index (χ1) is 17.2. The highest BCUT2D eigenvalue weighted by Crippen LogP contribution is 2.27. The number of hydrogen-bond acceptors (Lipinski definition) is 4. The number of para-hydroxylation sites is 1. The summed E-state index contributed by atoms with van der Waals surface area (Å²) in [4.78, 5) is 17.9. The first-order valence-corrected chi connectivity index (χ1v) is 11.1. The molecule has 0 spiro atoms. The molecule has 0 unspecified atom stereocenters. The van der Waals surface area contributed by atoms with Crippen molar-refractivity contribution in [3.63, 3.8) is 0 Å². The summed E-state index contributed by atoms with van der Waals surface area (Å²) in [6.07, 6.45) is 1.55. The maximum Gasteiger partial charge on any atom is 0.272 e. The van der Waals surface area contributed by atoms with Gasteiger partial charge in [0, 0.05) is 10.9 Å². The SMILES string of the molecule is N#Cc1ccc(/C=N\NC(=O)c2cc(-c3ccc(-c4ccccc4)cc3)nc3ccccc23)cc1. The third-order valence-electron chi connectivity index (χ3n) is 5.67. The Morgan fingerprint density at radius 3 is 2.20 bits per heavy atom. The summed E-state index contributed by atoms with van der Waals surface area (Å²) < 4.78 is 0. The van der Waals surface area contributed by atoms with Crippen LogP contribution < -0.4 is 5.43 Å². The molecule has 5 rings (SSSR count). The number of nitrogens with one attached hydrogen (secondary N) is 1. The van der Waals surface area contributed by atoms with Gasteiger partial charge in [-0.05, 0) is 41.0 Å². The van der Waals surface area contributed by atoms with Crippen LogP contribution >= 0.6 is 0 Å². The lowest BCUT2D eigenvalue weighted by atomic mass is 10.0. The van der Waals surface area contributed by atoms with Crippen LogP contribution in [0.25, 0.3) is 33.3 Å². The number of hydrazone groups is 1. The van der Waals surface area contributed by atoms with Gasteiger partial charge in [0.25, 0.3) is 5.91 Å². The van der Waals surface area contributed by atoms with Crippen LogP contribution in [-0.2, 0) is 0 Å². The summed E-state index contributed by atoms with van der Waals surface area (Å²) in [6.45, 7) is 0. The average Bonchev–Trinajstić information content (AvgIpc) is 2.93. The van der Waals surface area contributed by atoms with E-state index < -0.39 is 0 Å². The lowest BCUT2D eigenvalue weighted by Gasteiger charge is -2.10. The summed E-state index contributed by atoms with van der Waals surface area (Å²) in [6, 6.07) is 36.7. The number of nitrogens with zero attached hydrogens (tertiary/aromatic N) is 3. The molecule has 35 heavy (non-hydrogen) atoms. The molecule has 5 nitrogen and oxygen atoms in total. The van der Waals surface area contributed by atoms with Crippen molar-refractivity contribution in [1.82, 2.24) is 10.4 Å². The standard InChI is InChI=1S/C30H20N4O/c31-19-21-10-12-22(13-11-21)20-32-34-30(35)27-18-29(33-28-9-5-4-8-26(27)28)25-16-14-24(15-17-25)23-6-2-1-3-7-23/h1-18,20H,(H,34,35)/b32-20-. The highest BCUT2D eigenvalue weighted by molar-refractivity contribution is 6.07.